The van der Waals surface area contributed by atoms with Gasteiger partial charge in [0.2, 0.25) is 0 Å². The molecule has 0 amide bonds. The Labute approximate surface area is 104 Å². The van der Waals surface area contributed by atoms with Crippen molar-refractivity contribution >= 4 is 0 Å². The lowest BCUT2D eigenvalue weighted by Crippen LogP contribution is -2.43. The average molecular weight is 234 g/mol. The quantitative estimate of drug-likeness (QED) is 0.688. The summed E-state index contributed by atoms with van der Waals surface area (Å²) < 4.78 is 5.38. The van der Waals surface area contributed by atoms with E-state index in [2.05, 4.69) is 23.1 Å². The summed E-state index contributed by atoms with van der Waals surface area (Å²) in [7, 11) is 0. The van der Waals surface area contributed by atoms with Crippen molar-refractivity contribution in [3.63, 3.8) is 0 Å². The van der Waals surface area contributed by atoms with Crippen LogP contribution >= 0.6 is 0 Å². The summed E-state index contributed by atoms with van der Waals surface area (Å²) in [6, 6.07) is 2.22. The Hall–Kier alpha value is -0.850. The van der Waals surface area contributed by atoms with Crippen molar-refractivity contribution in [1.82, 2.24) is 4.90 Å². The van der Waals surface area contributed by atoms with Gasteiger partial charge >= 0.3 is 0 Å². The second-order valence-electron chi connectivity index (χ2n) is 5.09. The summed E-state index contributed by atoms with van der Waals surface area (Å²) >= 11 is 0. The first kappa shape index (κ1) is 12.6. The molecule has 0 aromatic carbocycles. The molecule has 0 saturated carbocycles. The maximum absolute atomic E-state index is 8.89. The number of ether oxygens (including phenoxy) is 1. The van der Waals surface area contributed by atoms with E-state index in [4.69, 9.17) is 10.00 Å². The first-order valence-electron chi connectivity index (χ1n) is 6.77. The third kappa shape index (κ3) is 4.14. The molecule has 1 aliphatic heterocycles. The van der Waals surface area contributed by atoms with Crippen LogP contribution in [0.3, 0.4) is 0 Å². The minimum absolute atomic E-state index is 0.211. The Morgan fingerprint density at radius 3 is 3.06 bits per heavy atom. The molecule has 0 aromatic rings. The molecule has 2 atom stereocenters. The number of nitriles is 1. The van der Waals surface area contributed by atoms with Gasteiger partial charge in [-0.2, -0.15) is 5.26 Å². The van der Waals surface area contributed by atoms with Gasteiger partial charge in [-0.1, -0.05) is 12.2 Å². The molecular weight excluding hydrogens is 212 g/mol. The van der Waals surface area contributed by atoms with Crippen molar-refractivity contribution in [2.75, 3.05) is 26.2 Å². The molecule has 1 saturated heterocycles. The van der Waals surface area contributed by atoms with Crippen molar-refractivity contribution in [1.29, 1.82) is 5.26 Å². The smallest absolute Gasteiger partial charge is 0.156 e. The van der Waals surface area contributed by atoms with Gasteiger partial charge in [-0.15, -0.1) is 0 Å². The number of allylic oxidation sites excluding steroid dienone is 2. The highest BCUT2D eigenvalue weighted by Gasteiger charge is 2.22. The molecule has 1 fully saturated rings. The molecule has 3 heteroatoms. The fourth-order valence-corrected chi connectivity index (χ4v) is 2.73. The summed E-state index contributed by atoms with van der Waals surface area (Å²) in [6.45, 7) is 3.65. The number of nitrogens with zero attached hydrogens (tertiary/aromatic N) is 2. The molecule has 0 aromatic heterocycles. The topological polar surface area (TPSA) is 36.3 Å². The molecule has 94 valence electrons. The van der Waals surface area contributed by atoms with Gasteiger partial charge in [-0.25, -0.2) is 0 Å². The van der Waals surface area contributed by atoms with Gasteiger partial charge in [-0.05, 0) is 38.0 Å². The van der Waals surface area contributed by atoms with Gasteiger partial charge in [0.1, 0.15) is 0 Å². The molecule has 1 aliphatic carbocycles. The molecular formula is C14H22N2O. The van der Waals surface area contributed by atoms with Crippen LogP contribution in [-0.2, 0) is 4.74 Å². The minimum atomic E-state index is -0.211. The second kappa shape index (κ2) is 6.78. The Bertz CT molecular complexity index is 295. The van der Waals surface area contributed by atoms with Gasteiger partial charge in [0.05, 0.1) is 12.7 Å². The van der Waals surface area contributed by atoms with E-state index in [1.807, 2.05) is 0 Å². The van der Waals surface area contributed by atoms with Crippen molar-refractivity contribution in [3.05, 3.63) is 12.2 Å². The first-order valence-corrected chi connectivity index (χ1v) is 6.77. The average Bonchev–Trinajstić information content (AvgIpc) is 2.33. The third-order valence-electron chi connectivity index (χ3n) is 3.70. The Kier molecular flexibility index (Phi) is 5.03. The van der Waals surface area contributed by atoms with E-state index in [1.165, 1.54) is 32.1 Å². The van der Waals surface area contributed by atoms with Crippen molar-refractivity contribution in [2.45, 2.75) is 38.2 Å². The molecule has 2 rings (SSSR count). The van der Waals surface area contributed by atoms with Crippen LogP contribution in [0.2, 0.25) is 0 Å². The molecule has 2 unspecified atom stereocenters. The van der Waals surface area contributed by atoms with E-state index in [0.717, 1.165) is 25.6 Å². The monoisotopic (exact) mass is 234 g/mol. The maximum atomic E-state index is 8.89. The number of morpholine rings is 1. The molecule has 0 radical (unpaired) electrons. The number of hydrogen-bond donors (Lipinski definition) is 0. The van der Waals surface area contributed by atoms with Crippen LogP contribution in [0.5, 0.6) is 0 Å². The molecule has 1 heterocycles. The van der Waals surface area contributed by atoms with Crippen LogP contribution < -0.4 is 0 Å². The zero-order valence-corrected chi connectivity index (χ0v) is 10.5. The van der Waals surface area contributed by atoms with E-state index < -0.39 is 0 Å². The summed E-state index contributed by atoms with van der Waals surface area (Å²) in [6.07, 6.45) is 10.8. The van der Waals surface area contributed by atoms with Crippen molar-refractivity contribution in [2.24, 2.45) is 5.92 Å². The van der Waals surface area contributed by atoms with Gasteiger partial charge in [0.25, 0.3) is 0 Å². The fourth-order valence-electron chi connectivity index (χ4n) is 2.73. The Morgan fingerprint density at radius 2 is 2.18 bits per heavy atom. The fraction of sp³-hybridized carbons (Fsp3) is 0.786. The normalized spacial score (nSPS) is 31.5. The summed E-state index contributed by atoms with van der Waals surface area (Å²) in [5.41, 5.74) is 0. The molecule has 0 spiro atoms. The van der Waals surface area contributed by atoms with E-state index in [0.29, 0.717) is 6.61 Å². The van der Waals surface area contributed by atoms with Crippen LogP contribution in [0.15, 0.2) is 12.2 Å². The molecule has 0 bridgehead atoms. The predicted octanol–water partition coefficient (Wildman–Crippen LogP) is 2.35. The second-order valence-corrected chi connectivity index (χ2v) is 5.09. The first-order chi connectivity index (χ1) is 8.38. The van der Waals surface area contributed by atoms with E-state index >= 15 is 0 Å². The molecule has 2 aliphatic rings. The molecule has 17 heavy (non-hydrogen) atoms. The van der Waals surface area contributed by atoms with Gasteiger partial charge < -0.3 is 4.74 Å². The summed E-state index contributed by atoms with van der Waals surface area (Å²) in [4.78, 5) is 2.41. The summed E-state index contributed by atoms with van der Waals surface area (Å²) in [5, 5.41) is 8.89. The Balaban J connectivity index is 1.79. The van der Waals surface area contributed by atoms with Crippen molar-refractivity contribution < 1.29 is 4.74 Å². The number of rotatable bonds is 2. The highest BCUT2D eigenvalue weighted by molar-refractivity contribution is 4.90. The van der Waals surface area contributed by atoms with Crippen LogP contribution in [0.25, 0.3) is 0 Å². The third-order valence-corrected chi connectivity index (χ3v) is 3.70. The van der Waals surface area contributed by atoms with E-state index in [9.17, 15) is 0 Å². The van der Waals surface area contributed by atoms with Crippen LogP contribution in [0.4, 0.5) is 0 Å². The van der Waals surface area contributed by atoms with Gasteiger partial charge in [0.15, 0.2) is 6.10 Å². The number of hydrogen-bond acceptors (Lipinski definition) is 3. The van der Waals surface area contributed by atoms with Crippen LogP contribution in [0, 0.1) is 17.2 Å². The Morgan fingerprint density at radius 1 is 1.29 bits per heavy atom. The predicted molar refractivity (Wildman–Crippen MR) is 67.5 cm³/mol. The molecule has 0 N–H and O–H groups in total. The highest BCUT2D eigenvalue weighted by atomic mass is 16.5. The SMILES string of the molecule is N#CC1CN(CC2CCC=CCCC2)CCO1. The van der Waals surface area contributed by atoms with Crippen LogP contribution in [0.1, 0.15) is 32.1 Å². The van der Waals surface area contributed by atoms with Gasteiger partial charge in [-0.3, -0.25) is 4.90 Å². The van der Waals surface area contributed by atoms with Crippen molar-refractivity contribution in [3.8, 4) is 6.07 Å². The largest absolute Gasteiger partial charge is 0.361 e. The lowest BCUT2D eigenvalue weighted by molar-refractivity contribution is -0.00598. The minimum Gasteiger partial charge on any atom is -0.361 e. The standard InChI is InChI=1S/C14H22N2O/c15-10-14-12-16(8-9-17-14)11-13-6-4-2-1-3-5-7-13/h1-2,13-14H,3-9,11-12H2. The lowest BCUT2D eigenvalue weighted by atomic mass is 9.93. The van der Waals surface area contributed by atoms with E-state index in [-0.39, 0.29) is 6.10 Å². The highest BCUT2D eigenvalue weighted by Crippen LogP contribution is 2.20. The summed E-state index contributed by atoms with van der Waals surface area (Å²) in [5.74, 6) is 0.803. The maximum Gasteiger partial charge on any atom is 0.156 e. The zero-order valence-electron chi connectivity index (χ0n) is 10.5. The molecule has 3 nitrogen and oxygen atoms in total. The van der Waals surface area contributed by atoms with Crippen LogP contribution in [-0.4, -0.2) is 37.2 Å². The zero-order chi connectivity index (χ0) is 11.9. The van der Waals surface area contributed by atoms with Gasteiger partial charge in [0, 0.05) is 19.6 Å². The lowest BCUT2D eigenvalue weighted by Gasteiger charge is -2.32. The van der Waals surface area contributed by atoms with E-state index in [1.54, 1.807) is 0 Å².